The molecule has 1 amide bonds. The highest BCUT2D eigenvalue weighted by molar-refractivity contribution is 6.00. The number of β-amino-alcohol motifs (C(OH)–C–C–N with tert-alkyl or cyclic N) is 1. The number of benzene rings is 1. The molecule has 0 radical (unpaired) electrons. The third-order valence-electron chi connectivity index (χ3n) is 3.73. The van der Waals surface area contributed by atoms with Crippen LogP contribution >= 0.6 is 0 Å². The fourth-order valence-corrected chi connectivity index (χ4v) is 2.62. The first kappa shape index (κ1) is 12.9. The van der Waals surface area contributed by atoms with Crippen molar-refractivity contribution in [1.29, 1.82) is 0 Å². The molecule has 5 nitrogen and oxygen atoms in total. The number of fused-ring (bicyclic) bond motifs is 1. The molecule has 0 spiro atoms. The Morgan fingerprint density at radius 3 is 2.90 bits per heavy atom. The molecule has 104 valence electrons. The van der Waals surface area contributed by atoms with E-state index in [4.69, 9.17) is 5.73 Å². The maximum atomic E-state index is 12.4. The monoisotopic (exact) mass is 271 g/mol. The lowest BCUT2D eigenvalue weighted by Gasteiger charge is -2.19. The number of anilines is 1. The summed E-state index contributed by atoms with van der Waals surface area (Å²) >= 11 is 0. The highest BCUT2D eigenvalue weighted by Gasteiger charge is 2.34. The van der Waals surface area contributed by atoms with Crippen LogP contribution in [0.25, 0.3) is 10.8 Å². The lowest BCUT2D eigenvalue weighted by molar-refractivity contribution is 0.0569. The van der Waals surface area contributed by atoms with E-state index in [1.165, 1.54) is 0 Å². The van der Waals surface area contributed by atoms with Crippen molar-refractivity contribution in [3.8, 4) is 0 Å². The van der Waals surface area contributed by atoms with Gasteiger partial charge in [-0.2, -0.15) is 0 Å². The van der Waals surface area contributed by atoms with Gasteiger partial charge in [-0.05, 0) is 24.8 Å². The highest BCUT2D eigenvalue weighted by Crippen LogP contribution is 2.24. The molecule has 20 heavy (non-hydrogen) atoms. The average molecular weight is 271 g/mol. The van der Waals surface area contributed by atoms with Gasteiger partial charge < -0.3 is 15.7 Å². The van der Waals surface area contributed by atoms with E-state index < -0.39 is 5.60 Å². The van der Waals surface area contributed by atoms with E-state index >= 15 is 0 Å². The minimum atomic E-state index is -0.807. The van der Waals surface area contributed by atoms with E-state index in [1.54, 1.807) is 17.9 Å². The molecule has 1 saturated heterocycles. The molecule has 1 atom stereocenters. The van der Waals surface area contributed by atoms with Gasteiger partial charge in [0, 0.05) is 18.5 Å². The van der Waals surface area contributed by atoms with E-state index in [1.807, 2.05) is 24.3 Å². The normalized spacial score (nSPS) is 22.4. The zero-order valence-corrected chi connectivity index (χ0v) is 11.3. The minimum Gasteiger partial charge on any atom is -0.388 e. The summed E-state index contributed by atoms with van der Waals surface area (Å²) < 4.78 is 0. The molecule has 1 aromatic heterocycles. The number of carbonyl (C=O) groups excluding carboxylic acids is 1. The Labute approximate surface area is 117 Å². The Kier molecular flexibility index (Phi) is 2.87. The van der Waals surface area contributed by atoms with Crippen LogP contribution in [0.5, 0.6) is 0 Å². The van der Waals surface area contributed by atoms with Crippen LogP contribution in [0.15, 0.2) is 30.3 Å². The van der Waals surface area contributed by atoms with Crippen molar-refractivity contribution in [3.05, 3.63) is 36.0 Å². The highest BCUT2D eigenvalue weighted by atomic mass is 16.3. The summed E-state index contributed by atoms with van der Waals surface area (Å²) in [4.78, 5) is 18.2. The molecule has 1 aliphatic rings. The molecule has 1 unspecified atom stereocenters. The summed E-state index contributed by atoms with van der Waals surface area (Å²) in [6.45, 7) is 2.61. The number of carbonyl (C=O) groups is 1. The molecule has 2 aromatic rings. The van der Waals surface area contributed by atoms with Crippen LogP contribution in [0.3, 0.4) is 0 Å². The second kappa shape index (κ2) is 4.45. The second-order valence-electron chi connectivity index (χ2n) is 5.59. The molecule has 3 N–H and O–H groups in total. The van der Waals surface area contributed by atoms with Gasteiger partial charge in [-0.15, -0.1) is 0 Å². The van der Waals surface area contributed by atoms with E-state index in [0.29, 0.717) is 31.0 Å². The van der Waals surface area contributed by atoms with E-state index in [2.05, 4.69) is 4.98 Å². The molecule has 1 fully saturated rings. The van der Waals surface area contributed by atoms with Crippen molar-refractivity contribution in [2.75, 3.05) is 18.8 Å². The van der Waals surface area contributed by atoms with E-state index in [0.717, 1.165) is 10.8 Å². The van der Waals surface area contributed by atoms with Crippen molar-refractivity contribution in [2.45, 2.75) is 18.9 Å². The maximum Gasteiger partial charge on any atom is 0.272 e. The Morgan fingerprint density at radius 2 is 2.20 bits per heavy atom. The molecule has 1 aromatic carbocycles. The SMILES string of the molecule is CC1(O)CCN(C(=O)c2cc3ccccc3c(N)n2)C1. The van der Waals surface area contributed by atoms with Gasteiger partial charge in [-0.25, -0.2) is 4.98 Å². The number of pyridine rings is 1. The summed E-state index contributed by atoms with van der Waals surface area (Å²) in [6, 6.07) is 9.33. The van der Waals surface area contributed by atoms with Crippen molar-refractivity contribution in [2.24, 2.45) is 0 Å². The zero-order valence-electron chi connectivity index (χ0n) is 11.3. The molecule has 0 bridgehead atoms. The summed E-state index contributed by atoms with van der Waals surface area (Å²) in [6.07, 6.45) is 0.585. The van der Waals surface area contributed by atoms with Gasteiger partial charge in [-0.3, -0.25) is 4.79 Å². The van der Waals surface area contributed by atoms with Gasteiger partial charge >= 0.3 is 0 Å². The molecule has 0 saturated carbocycles. The lowest BCUT2D eigenvalue weighted by atomic mass is 10.1. The Hall–Kier alpha value is -2.14. The van der Waals surface area contributed by atoms with Crippen LogP contribution in [-0.4, -0.2) is 39.6 Å². The number of nitrogens with two attached hydrogens (primary N) is 1. The molecule has 1 aliphatic heterocycles. The molecule has 3 rings (SSSR count). The predicted octanol–water partition coefficient (Wildman–Crippen LogP) is 1.41. The van der Waals surface area contributed by atoms with Crippen molar-refractivity contribution in [1.82, 2.24) is 9.88 Å². The largest absolute Gasteiger partial charge is 0.388 e. The second-order valence-corrected chi connectivity index (χ2v) is 5.59. The van der Waals surface area contributed by atoms with Crippen molar-refractivity contribution < 1.29 is 9.90 Å². The van der Waals surface area contributed by atoms with Gasteiger partial charge in [0.15, 0.2) is 0 Å². The van der Waals surface area contributed by atoms with Crippen molar-refractivity contribution in [3.63, 3.8) is 0 Å². The number of likely N-dealkylation sites (tertiary alicyclic amines) is 1. The molecular weight excluding hydrogens is 254 g/mol. The molecular formula is C15H17N3O2. The fraction of sp³-hybridized carbons (Fsp3) is 0.333. The molecule has 5 heteroatoms. The van der Waals surface area contributed by atoms with E-state index in [9.17, 15) is 9.90 Å². The maximum absolute atomic E-state index is 12.4. The number of nitrogens with zero attached hydrogens (tertiary/aromatic N) is 2. The van der Waals surface area contributed by atoms with Gasteiger partial charge in [0.25, 0.3) is 5.91 Å². The van der Waals surface area contributed by atoms with Crippen LogP contribution < -0.4 is 5.73 Å². The zero-order chi connectivity index (χ0) is 14.3. The lowest BCUT2D eigenvalue weighted by Crippen LogP contribution is -2.34. The quantitative estimate of drug-likeness (QED) is 0.822. The van der Waals surface area contributed by atoms with Crippen LogP contribution in [-0.2, 0) is 0 Å². The number of hydrogen-bond acceptors (Lipinski definition) is 4. The summed E-state index contributed by atoms with van der Waals surface area (Å²) in [5, 5.41) is 11.7. The summed E-state index contributed by atoms with van der Waals surface area (Å²) in [5.41, 5.74) is 5.44. The van der Waals surface area contributed by atoms with Gasteiger partial charge in [-0.1, -0.05) is 24.3 Å². The third kappa shape index (κ3) is 2.20. The van der Waals surface area contributed by atoms with Crippen LogP contribution in [0.4, 0.5) is 5.82 Å². The Morgan fingerprint density at radius 1 is 1.45 bits per heavy atom. The Bertz CT molecular complexity index is 682. The fourth-order valence-electron chi connectivity index (χ4n) is 2.62. The number of aliphatic hydroxyl groups is 1. The molecule has 0 aliphatic carbocycles. The van der Waals surface area contributed by atoms with E-state index in [-0.39, 0.29) is 5.91 Å². The summed E-state index contributed by atoms with van der Waals surface area (Å²) in [5.74, 6) is 0.178. The minimum absolute atomic E-state index is 0.180. The number of rotatable bonds is 1. The van der Waals surface area contributed by atoms with Crippen LogP contribution in [0.2, 0.25) is 0 Å². The van der Waals surface area contributed by atoms with Crippen LogP contribution in [0, 0.1) is 0 Å². The molecule has 2 heterocycles. The summed E-state index contributed by atoms with van der Waals surface area (Å²) in [7, 11) is 0. The van der Waals surface area contributed by atoms with Gasteiger partial charge in [0.2, 0.25) is 0 Å². The standard InChI is InChI=1S/C15H17N3O2/c1-15(20)6-7-18(9-15)14(19)12-8-10-4-2-3-5-11(10)13(16)17-12/h2-5,8,20H,6-7,9H2,1H3,(H2,16,17). The first-order chi connectivity index (χ1) is 9.46. The average Bonchev–Trinajstić information content (AvgIpc) is 2.78. The Balaban J connectivity index is 1.96. The van der Waals surface area contributed by atoms with Gasteiger partial charge in [0.05, 0.1) is 5.60 Å². The number of nitrogen functional groups attached to an aromatic ring is 1. The van der Waals surface area contributed by atoms with Gasteiger partial charge in [0.1, 0.15) is 11.5 Å². The number of hydrogen-bond donors (Lipinski definition) is 2. The third-order valence-corrected chi connectivity index (χ3v) is 3.73. The van der Waals surface area contributed by atoms with Crippen LogP contribution in [0.1, 0.15) is 23.8 Å². The first-order valence-corrected chi connectivity index (χ1v) is 6.63. The van der Waals surface area contributed by atoms with Crippen molar-refractivity contribution >= 4 is 22.5 Å². The smallest absolute Gasteiger partial charge is 0.272 e. The predicted molar refractivity (Wildman–Crippen MR) is 77.3 cm³/mol. The number of aromatic nitrogens is 1. The number of amides is 1. The topological polar surface area (TPSA) is 79.5 Å². The first-order valence-electron chi connectivity index (χ1n) is 6.63.